The van der Waals surface area contributed by atoms with Gasteiger partial charge in [0.15, 0.2) is 24.7 Å². The van der Waals surface area contributed by atoms with Crippen molar-refractivity contribution in [3.63, 3.8) is 0 Å². The lowest BCUT2D eigenvalue weighted by molar-refractivity contribution is -0.122. The van der Waals surface area contributed by atoms with Gasteiger partial charge in [-0.3, -0.25) is 4.79 Å². The molecule has 1 aliphatic heterocycles. The Bertz CT molecular complexity index is 407. The van der Waals surface area contributed by atoms with Crippen molar-refractivity contribution in [2.24, 2.45) is 0 Å². The van der Waals surface area contributed by atoms with E-state index in [9.17, 15) is 4.79 Å². The molecular weight excluding hydrogens is 192 g/mol. The van der Waals surface area contributed by atoms with E-state index >= 15 is 0 Å². The number of rotatable bonds is 1. The number of fused-ring (bicyclic) bond motifs is 1. The Morgan fingerprint density at radius 3 is 2.67 bits per heavy atom. The molecule has 1 aliphatic rings. The molecule has 78 valence electrons. The van der Waals surface area contributed by atoms with Crippen LogP contribution in [0.15, 0.2) is 24.3 Å². The maximum absolute atomic E-state index is 11.1. The van der Waals surface area contributed by atoms with Crippen LogP contribution in [-0.2, 0) is 4.79 Å². The zero-order chi connectivity index (χ0) is 10.7. The molecule has 0 aliphatic carbocycles. The summed E-state index contributed by atoms with van der Waals surface area (Å²) >= 11 is 0. The molecule has 0 saturated heterocycles. The van der Waals surface area contributed by atoms with Gasteiger partial charge in [0.05, 0.1) is 0 Å². The van der Waals surface area contributed by atoms with Crippen molar-refractivity contribution in [1.82, 2.24) is 0 Å². The predicted molar refractivity (Wildman–Crippen MR) is 57.1 cm³/mol. The van der Waals surface area contributed by atoms with E-state index in [1.165, 1.54) is 0 Å². The van der Waals surface area contributed by atoms with Crippen LogP contribution in [0.3, 0.4) is 0 Å². The molecule has 0 radical (unpaired) electrons. The van der Waals surface area contributed by atoms with E-state index in [4.69, 9.17) is 9.47 Å². The van der Waals surface area contributed by atoms with Crippen molar-refractivity contribution in [3.05, 3.63) is 29.8 Å². The number of allylic oxidation sites excluding steroid dienone is 1. The van der Waals surface area contributed by atoms with Crippen LogP contribution in [-0.4, -0.2) is 19.0 Å². The second-order valence-electron chi connectivity index (χ2n) is 3.32. The third-order valence-electron chi connectivity index (χ3n) is 2.10. The fourth-order valence-corrected chi connectivity index (χ4v) is 1.41. The highest BCUT2D eigenvalue weighted by Crippen LogP contribution is 2.30. The maximum atomic E-state index is 11.1. The lowest BCUT2D eigenvalue weighted by Crippen LogP contribution is -2.15. The van der Waals surface area contributed by atoms with E-state index in [1.807, 2.05) is 37.3 Å². The summed E-state index contributed by atoms with van der Waals surface area (Å²) in [6.07, 6.45) is 3.92. The highest BCUT2D eigenvalue weighted by Gasteiger charge is 2.14. The van der Waals surface area contributed by atoms with Gasteiger partial charge >= 0.3 is 0 Å². The smallest absolute Gasteiger partial charge is 0.207 e. The number of hydrogen-bond acceptors (Lipinski definition) is 3. The highest BCUT2D eigenvalue weighted by atomic mass is 16.5. The predicted octanol–water partition coefficient (Wildman–Crippen LogP) is 2.06. The molecule has 0 bridgehead atoms. The maximum Gasteiger partial charge on any atom is 0.207 e. The van der Waals surface area contributed by atoms with E-state index in [1.54, 1.807) is 0 Å². The Kier molecular flexibility index (Phi) is 2.72. The molecular formula is C12H12O3. The van der Waals surface area contributed by atoms with E-state index in [0.29, 0.717) is 11.5 Å². The van der Waals surface area contributed by atoms with E-state index < -0.39 is 0 Å². The van der Waals surface area contributed by atoms with Gasteiger partial charge in [0.2, 0.25) is 5.78 Å². The fraction of sp³-hybridized carbons (Fsp3) is 0.250. The van der Waals surface area contributed by atoms with Crippen LogP contribution < -0.4 is 9.47 Å². The monoisotopic (exact) mass is 204 g/mol. The molecule has 1 heterocycles. The summed E-state index contributed by atoms with van der Waals surface area (Å²) in [4.78, 5) is 11.1. The van der Waals surface area contributed by atoms with Crippen molar-refractivity contribution in [1.29, 1.82) is 0 Å². The molecule has 1 aromatic rings. The van der Waals surface area contributed by atoms with E-state index in [0.717, 1.165) is 5.56 Å². The number of carbonyl (C=O) groups excluding carboxylic acids is 1. The molecule has 15 heavy (non-hydrogen) atoms. The Balaban J connectivity index is 2.32. The van der Waals surface area contributed by atoms with Gasteiger partial charge in [0.1, 0.15) is 0 Å². The molecule has 1 aromatic carbocycles. The summed E-state index contributed by atoms with van der Waals surface area (Å²) in [5.74, 6) is 1.23. The summed E-state index contributed by atoms with van der Waals surface area (Å²) in [5, 5.41) is 0. The van der Waals surface area contributed by atoms with Gasteiger partial charge in [-0.25, -0.2) is 0 Å². The summed E-state index contributed by atoms with van der Waals surface area (Å²) in [6, 6.07) is 5.62. The van der Waals surface area contributed by atoms with Gasteiger partial charge in [-0.2, -0.15) is 0 Å². The first-order valence-electron chi connectivity index (χ1n) is 4.83. The Morgan fingerprint density at radius 2 is 1.93 bits per heavy atom. The Hall–Kier alpha value is -1.77. The van der Waals surface area contributed by atoms with Crippen molar-refractivity contribution in [2.45, 2.75) is 6.92 Å². The SMILES string of the molecule is C/C=C\c1ccc2c(c1)OCC(=O)CO2. The van der Waals surface area contributed by atoms with E-state index in [2.05, 4.69) is 0 Å². The van der Waals surface area contributed by atoms with Crippen LogP contribution in [0.1, 0.15) is 12.5 Å². The van der Waals surface area contributed by atoms with Crippen LogP contribution in [0, 0.1) is 0 Å². The topological polar surface area (TPSA) is 35.5 Å². The molecule has 0 atom stereocenters. The molecule has 2 rings (SSSR count). The molecule has 0 N–H and O–H groups in total. The average Bonchev–Trinajstić information content (AvgIpc) is 2.42. The highest BCUT2D eigenvalue weighted by molar-refractivity contribution is 5.82. The standard InChI is InChI=1S/C12H12O3/c1-2-3-9-4-5-11-12(6-9)15-8-10(13)7-14-11/h2-6H,7-8H2,1H3/b3-2-. The first kappa shape index (κ1) is 9.77. The van der Waals surface area contributed by atoms with Gasteiger partial charge in [0.25, 0.3) is 0 Å². The number of ketones is 1. The first-order chi connectivity index (χ1) is 7.29. The van der Waals surface area contributed by atoms with Crippen LogP contribution in [0.2, 0.25) is 0 Å². The van der Waals surface area contributed by atoms with E-state index in [-0.39, 0.29) is 19.0 Å². The van der Waals surface area contributed by atoms with Crippen molar-refractivity contribution in [3.8, 4) is 11.5 Å². The number of Topliss-reactive ketones (excluding diaryl/α,β-unsaturated/α-hetero) is 1. The van der Waals surface area contributed by atoms with Gasteiger partial charge in [-0.15, -0.1) is 0 Å². The average molecular weight is 204 g/mol. The molecule has 3 heteroatoms. The quantitative estimate of drug-likeness (QED) is 0.702. The van der Waals surface area contributed by atoms with Crippen LogP contribution in [0.5, 0.6) is 11.5 Å². The normalized spacial score (nSPS) is 15.4. The van der Waals surface area contributed by atoms with Crippen LogP contribution in [0.4, 0.5) is 0 Å². The summed E-state index contributed by atoms with van der Waals surface area (Å²) in [7, 11) is 0. The first-order valence-corrected chi connectivity index (χ1v) is 4.83. The molecule has 0 unspecified atom stereocenters. The number of benzene rings is 1. The second-order valence-corrected chi connectivity index (χ2v) is 3.32. The summed E-state index contributed by atoms with van der Waals surface area (Å²) in [6.45, 7) is 2.13. The van der Waals surface area contributed by atoms with Crippen molar-refractivity contribution in [2.75, 3.05) is 13.2 Å². The molecule has 0 saturated carbocycles. The largest absolute Gasteiger partial charge is 0.482 e. The minimum Gasteiger partial charge on any atom is -0.482 e. The van der Waals surface area contributed by atoms with Crippen molar-refractivity contribution < 1.29 is 14.3 Å². The van der Waals surface area contributed by atoms with Gasteiger partial charge in [-0.05, 0) is 24.6 Å². The number of ether oxygens (including phenoxy) is 2. The molecule has 3 nitrogen and oxygen atoms in total. The molecule has 0 aromatic heterocycles. The molecule has 0 amide bonds. The summed E-state index contributed by atoms with van der Waals surface area (Å²) < 4.78 is 10.6. The Morgan fingerprint density at radius 1 is 1.20 bits per heavy atom. The summed E-state index contributed by atoms with van der Waals surface area (Å²) in [5.41, 5.74) is 1.04. The van der Waals surface area contributed by atoms with Crippen LogP contribution in [0.25, 0.3) is 6.08 Å². The fourth-order valence-electron chi connectivity index (χ4n) is 1.41. The van der Waals surface area contributed by atoms with Gasteiger partial charge in [-0.1, -0.05) is 18.2 Å². The third-order valence-corrected chi connectivity index (χ3v) is 2.10. The Labute approximate surface area is 88.3 Å². The zero-order valence-corrected chi connectivity index (χ0v) is 8.53. The zero-order valence-electron chi connectivity index (χ0n) is 8.53. The van der Waals surface area contributed by atoms with Crippen LogP contribution >= 0.6 is 0 Å². The minimum atomic E-state index is -0.0428. The number of hydrogen-bond donors (Lipinski definition) is 0. The van der Waals surface area contributed by atoms with Gasteiger partial charge in [0, 0.05) is 0 Å². The lowest BCUT2D eigenvalue weighted by Gasteiger charge is -2.06. The second kappa shape index (κ2) is 4.17. The molecule has 0 fully saturated rings. The molecule has 0 spiro atoms. The lowest BCUT2D eigenvalue weighted by atomic mass is 10.2. The number of carbonyl (C=O) groups is 1. The minimum absolute atomic E-state index is 0.0428. The van der Waals surface area contributed by atoms with Crippen molar-refractivity contribution >= 4 is 11.9 Å². The van der Waals surface area contributed by atoms with Gasteiger partial charge < -0.3 is 9.47 Å². The third kappa shape index (κ3) is 2.18.